The van der Waals surface area contributed by atoms with Gasteiger partial charge in [0.05, 0.1) is 25.9 Å². The molecule has 0 aliphatic carbocycles. The second kappa shape index (κ2) is 8.75. The van der Waals surface area contributed by atoms with Gasteiger partial charge in [0.15, 0.2) is 0 Å². The summed E-state index contributed by atoms with van der Waals surface area (Å²) in [5, 5.41) is 8.34. The highest BCUT2D eigenvalue weighted by Crippen LogP contribution is 2.29. The Balaban J connectivity index is 2.07. The largest absolute Gasteiger partial charge is 0.497 e. The Hall–Kier alpha value is -3.22. The predicted octanol–water partition coefficient (Wildman–Crippen LogP) is 3.54. The number of hydrogen-bond donors (Lipinski definition) is 3. The van der Waals surface area contributed by atoms with Crippen LogP contribution in [0, 0.1) is 0 Å². The molecule has 1 unspecified atom stereocenters. The molecule has 0 aliphatic heterocycles. The lowest BCUT2D eigenvalue weighted by molar-refractivity contribution is -0.114. The number of methoxy groups -OCH3 is 2. The summed E-state index contributed by atoms with van der Waals surface area (Å²) in [5.41, 5.74) is 2.05. The summed E-state index contributed by atoms with van der Waals surface area (Å²) in [5.74, 6) is 0.990. The van der Waals surface area contributed by atoms with E-state index in [1.54, 1.807) is 31.4 Å². The highest BCUT2D eigenvalue weighted by Gasteiger charge is 2.13. The van der Waals surface area contributed by atoms with Crippen LogP contribution in [0.15, 0.2) is 42.5 Å². The lowest BCUT2D eigenvalue weighted by atomic mass is 10.1. The molecule has 3 amide bonds. The molecule has 0 fully saturated rings. The number of hydrogen-bond acceptors (Lipinski definition) is 4. The Bertz CT molecular complexity index is 792. The van der Waals surface area contributed by atoms with E-state index in [9.17, 15) is 9.59 Å². The van der Waals surface area contributed by atoms with Crippen LogP contribution in [0.5, 0.6) is 11.5 Å². The number of nitrogens with one attached hydrogen (secondary N) is 3. The standard InChI is InChI=1S/C19H23N3O4/c1-12(14-6-5-7-15(10-14)21-13(2)23)20-19(24)22-17-11-16(25-3)8-9-18(17)26-4/h5-12H,1-4H3,(H,21,23)(H2,20,22,24). The molecule has 7 nitrogen and oxygen atoms in total. The van der Waals surface area contributed by atoms with E-state index in [-0.39, 0.29) is 18.0 Å². The highest BCUT2D eigenvalue weighted by atomic mass is 16.5. The van der Waals surface area contributed by atoms with E-state index in [1.807, 2.05) is 25.1 Å². The van der Waals surface area contributed by atoms with Gasteiger partial charge in [0, 0.05) is 18.7 Å². The topological polar surface area (TPSA) is 88.7 Å². The van der Waals surface area contributed by atoms with E-state index in [4.69, 9.17) is 9.47 Å². The van der Waals surface area contributed by atoms with Crippen LogP contribution in [0.3, 0.4) is 0 Å². The maximum absolute atomic E-state index is 12.3. The molecule has 0 heterocycles. The van der Waals surface area contributed by atoms with Crippen molar-refractivity contribution >= 4 is 23.3 Å². The number of urea groups is 1. The lowest BCUT2D eigenvalue weighted by Crippen LogP contribution is -2.31. The van der Waals surface area contributed by atoms with Gasteiger partial charge >= 0.3 is 6.03 Å². The van der Waals surface area contributed by atoms with Gasteiger partial charge in [-0.15, -0.1) is 0 Å². The van der Waals surface area contributed by atoms with Gasteiger partial charge in [0.25, 0.3) is 0 Å². The maximum Gasteiger partial charge on any atom is 0.319 e. The van der Waals surface area contributed by atoms with Crippen LogP contribution >= 0.6 is 0 Å². The fraction of sp³-hybridized carbons (Fsp3) is 0.263. The molecule has 0 aliphatic rings. The average molecular weight is 357 g/mol. The molecule has 2 rings (SSSR count). The summed E-state index contributed by atoms with van der Waals surface area (Å²) >= 11 is 0. The predicted molar refractivity (Wildman–Crippen MR) is 101 cm³/mol. The molecule has 2 aromatic carbocycles. The van der Waals surface area contributed by atoms with Crippen LogP contribution in [0.25, 0.3) is 0 Å². The first kappa shape index (κ1) is 19.1. The molecule has 138 valence electrons. The molecule has 0 bridgehead atoms. The fourth-order valence-electron chi connectivity index (χ4n) is 2.44. The first-order valence-corrected chi connectivity index (χ1v) is 8.10. The van der Waals surface area contributed by atoms with E-state index < -0.39 is 0 Å². The fourth-order valence-corrected chi connectivity index (χ4v) is 2.44. The third-order valence-corrected chi connectivity index (χ3v) is 3.71. The molecule has 26 heavy (non-hydrogen) atoms. The SMILES string of the molecule is COc1ccc(OC)c(NC(=O)NC(C)c2cccc(NC(C)=O)c2)c1. The molecule has 1 atom stereocenters. The molecule has 0 saturated heterocycles. The molecule has 0 saturated carbocycles. The zero-order chi connectivity index (χ0) is 19.1. The molecule has 2 aromatic rings. The van der Waals surface area contributed by atoms with E-state index >= 15 is 0 Å². The molecule has 0 radical (unpaired) electrons. The van der Waals surface area contributed by atoms with Gasteiger partial charge in [-0.3, -0.25) is 4.79 Å². The van der Waals surface area contributed by atoms with Crippen molar-refractivity contribution in [1.82, 2.24) is 5.32 Å². The van der Waals surface area contributed by atoms with Crippen LogP contribution < -0.4 is 25.4 Å². The van der Waals surface area contributed by atoms with Gasteiger partial charge < -0.3 is 25.4 Å². The molecular weight excluding hydrogens is 334 g/mol. The summed E-state index contributed by atoms with van der Waals surface area (Å²) in [6.45, 7) is 3.30. The third kappa shape index (κ3) is 5.14. The Morgan fingerprint density at radius 3 is 2.42 bits per heavy atom. The number of carbonyl (C=O) groups is 2. The van der Waals surface area contributed by atoms with Crippen molar-refractivity contribution in [2.75, 3.05) is 24.9 Å². The summed E-state index contributed by atoms with van der Waals surface area (Å²) in [7, 11) is 3.08. The van der Waals surface area contributed by atoms with Crippen LogP contribution in [-0.4, -0.2) is 26.2 Å². The first-order valence-electron chi connectivity index (χ1n) is 8.10. The summed E-state index contributed by atoms with van der Waals surface area (Å²) in [6, 6.07) is 11.8. The first-order chi connectivity index (χ1) is 12.4. The minimum atomic E-state index is -0.381. The minimum absolute atomic E-state index is 0.148. The number of amides is 3. The van der Waals surface area contributed by atoms with Gasteiger partial charge in [-0.05, 0) is 36.8 Å². The maximum atomic E-state index is 12.3. The Morgan fingerprint density at radius 1 is 1.00 bits per heavy atom. The van der Waals surface area contributed by atoms with Gasteiger partial charge in [-0.1, -0.05) is 12.1 Å². The van der Waals surface area contributed by atoms with Crippen molar-refractivity contribution in [3.05, 3.63) is 48.0 Å². The number of rotatable bonds is 6. The molecule has 7 heteroatoms. The van der Waals surface area contributed by atoms with Crippen molar-refractivity contribution in [2.24, 2.45) is 0 Å². The summed E-state index contributed by atoms with van der Waals surface area (Å²) in [4.78, 5) is 23.5. The van der Waals surface area contributed by atoms with Gasteiger partial charge in [0.1, 0.15) is 11.5 Å². The zero-order valence-electron chi connectivity index (χ0n) is 15.3. The van der Waals surface area contributed by atoms with Crippen molar-refractivity contribution in [3.63, 3.8) is 0 Å². The Labute approximate surface area is 152 Å². The monoisotopic (exact) mass is 357 g/mol. The number of benzene rings is 2. The number of anilines is 2. The van der Waals surface area contributed by atoms with Crippen molar-refractivity contribution in [1.29, 1.82) is 0 Å². The highest BCUT2D eigenvalue weighted by molar-refractivity contribution is 5.91. The third-order valence-electron chi connectivity index (χ3n) is 3.71. The van der Waals surface area contributed by atoms with E-state index in [1.165, 1.54) is 14.0 Å². The van der Waals surface area contributed by atoms with Gasteiger partial charge in [-0.25, -0.2) is 4.79 Å². The number of ether oxygens (including phenoxy) is 2. The van der Waals surface area contributed by atoms with Gasteiger partial charge in [0.2, 0.25) is 5.91 Å². The molecule has 3 N–H and O–H groups in total. The van der Waals surface area contributed by atoms with E-state index in [0.717, 1.165) is 5.56 Å². The average Bonchev–Trinajstić information content (AvgIpc) is 2.61. The van der Waals surface area contributed by atoms with Crippen LogP contribution in [-0.2, 0) is 4.79 Å². The minimum Gasteiger partial charge on any atom is -0.497 e. The second-order valence-electron chi connectivity index (χ2n) is 5.69. The van der Waals surface area contributed by atoms with E-state index in [0.29, 0.717) is 22.9 Å². The second-order valence-corrected chi connectivity index (χ2v) is 5.69. The van der Waals surface area contributed by atoms with E-state index in [2.05, 4.69) is 16.0 Å². The summed E-state index contributed by atoms with van der Waals surface area (Å²) in [6.07, 6.45) is 0. The normalized spacial score (nSPS) is 11.2. The van der Waals surface area contributed by atoms with Crippen molar-refractivity contribution in [3.8, 4) is 11.5 Å². The Morgan fingerprint density at radius 2 is 1.77 bits per heavy atom. The molecule has 0 spiro atoms. The van der Waals surface area contributed by atoms with Crippen LogP contribution in [0.4, 0.5) is 16.2 Å². The van der Waals surface area contributed by atoms with Crippen molar-refractivity contribution < 1.29 is 19.1 Å². The van der Waals surface area contributed by atoms with Gasteiger partial charge in [-0.2, -0.15) is 0 Å². The summed E-state index contributed by atoms with van der Waals surface area (Å²) < 4.78 is 10.4. The van der Waals surface area contributed by atoms with Crippen molar-refractivity contribution in [2.45, 2.75) is 19.9 Å². The van der Waals surface area contributed by atoms with Crippen LogP contribution in [0.2, 0.25) is 0 Å². The zero-order valence-corrected chi connectivity index (χ0v) is 15.3. The Kier molecular flexibility index (Phi) is 6.43. The number of carbonyl (C=O) groups excluding carboxylic acids is 2. The van der Waals surface area contributed by atoms with Crippen LogP contribution in [0.1, 0.15) is 25.5 Å². The lowest BCUT2D eigenvalue weighted by Gasteiger charge is -2.17. The quantitative estimate of drug-likeness (QED) is 0.738. The smallest absolute Gasteiger partial charge is 0.319 e. The molecule has 0 aromatic heterocycles. The molecular formula is C19H23N3O4.